The molecule has 0 radical (unpaired) electrons. The van der Waals surface area contributed by atoms with Gasteiger partial charge in [-0.15, -0.1) is 0 Å². The van der Waals surface area contributed by atoms with Gasteiger partial charge in [0.2, 0.25) is 0 Å². The molecule has 30 heavy (non-hydrogen) atoms. The van der Waals surface area contributed by atoms with Gasteiger partial charge in [0.25, 0.3) is 0 Å². The summed E-state index contributed by atoms with van der Waals surface area (Å²) in [6.45, 7) is 5.60. The van der Waals surface area contributed by atoms with Gasteiger partial charge in [-0.3, -0.25) is 0 Å². The molecule has 0 amide bonds. The molecule has 0 bridgehead atoms. The van der Waals surface area contributed by atoms with Crippen LogP contribution in [-0.2, 0) is 6.42 Å². The zero-order chi connectivity index (χ0) is 20.2. The van der Waals surface area contributed by atoms with Gasteiger partial charge in [-0.1, -0.05) is 17.3 Å². The number of likely N-dealkylation sites (N-methyl/N-ethyl adjacent to an activating group) is 1. The van der Waals surface area contributed by atoms with Crippen LogP contribution in [0.1, 0.15) is 30.0 Å². The molecule has 3 aliphatic heterocycles. The fraction of sp³-hybridized carbons (Fsp3) is 0.458. The van der Waals surface area contributed by atoms with Crippen LogP contribution < -0.4 is 9.80 Å². The average Bonchev–Trinajstić information content (AvgIpc) is 3.30. The normalized spacial score (nSPS) is 23.1. The lowest BCUT2D eigenvalue weighted by atomic mass is 9.89. The number of fused-ring (bicyclic) bond motifs is 4. The molecule has 156 valence electrons. The Morgan fingerprint density at radius 2 is 2.10 bits per heavy atom. The molecule has 4 heterocycles. The predicted molar refractivity (Wildman–Crippen MR) is 117 cm³/mol. The van der Waals surface area contributed by atoms with E-state index < -0.39 is 0 Å². The van der Waals surface area contributed by atoms with Crippen LogP contribution in [0.4, 0.5) is 15.8 Å². The maximum atomic E-state index is 13.4. The number of rotatable bonds is 4. The summed E-state index contributed by atoms with van der Waals surface area (Å²) < 4.78 is 18.7. The second-order valence-electron chi connectivity index (χ2n) is 8.97. The van der Waals surface area contributed by atoms with E-state index in [9.17, 15) is 4.39 Å². The van der Waals surface area contributed by atoms with E-state index >= 15 is 0 Å². The molecule has 5 nitrogen and oxygen atoms in total. The quantitative estimate of drug-likeness (QED) is 0.654. The molecule has 3 aliphatic rings. The first-order chi connectivity index (χ1) is 14.7. The highest BCUT2D eigenvalue weighted by Crippen LogP contribution is 2.50. The van der Waals surface area contributed by atoms with Crippen LogP contribution in [0, 0.1) is 5.82 Å². The molecule has 2 aromatic carbocycles. The Hall–Kier alpha value is -2.60. The third-order valence-electron chi connectivity index (χ3n) is 7.28. The molecule has 6 heteroatoms. The first-order valence-electron chi connectivity index (χ1n) is 11.1. The number of piperidine rings is 1. The first kappa shape index (κ1) is 18.2. The van der Waals surface area contributed by atoms with Crippen molar-refractivity contribution < 1.29 is 8.91 Å². The lowest BCUT2D eigenvalue weighted by Gasteiger charge is -2.41. The van der Waals surface area contributed by atoms with E-state index in [-0.39, 0.29) is 5.82 Å². The maximum Gasteiger partial charge on any atom is 0.170 e. The van der Waals surface area contributed by atoms with Crippen molar-refractivity contribution in [2.45, 2.75) is 31.2 Å². The summed E-state index contributed by atoms with van der Waals surface area (Å²) in [7, 11) is 2.21. The van der Waals surface area contributed by atoms with Gasteiger partial charge in [0.15, 0.2) is 5.58 Å². The highest BCUT2D eigenvalue weighted by atomic mass is 19.1. The highest BCUT2D eigenvalue weighted by molar-refractivity contribution is 5.81. The minimum absolute atomic E-state index is 0.280. The number of halogens is 1. The third-order valence-corrected chi connectivity index (χ3v) is 7.28. The predicted octanol–water partition coefficient (Wildman–Crippen LogP) is 4.03. The van der Waals surface area contributed by atoms with Crippen molar-refractivity contribution in [3.63, 3.8) is 0 Å². The van der Waals surface area contributed by atoms with Crippen LogP contribution >= 0.6 is 0 Å². The van der Waals surface area contributed by atoms with Gasteiger partial charge in [0, 0.05) is 56.6 Å². The fourth-order valence-corrected chi connectivity index (χ4v) is 5.79. The van der Waals surface area contributed by atoms with Crippen LogP contribution in [0.3, 0.4) is 0 Å². The summed E-state index contributed by atoms with van der Waals surface area (Å²) in [5.41, 5.74) is 5.91. The molecule has 3 aromatic rings. The number of aromatic nitrogens is 1. The van der Waals surface area contributed by atoms with E-state index in [1.807, 2.05) is 0 Å². The van der Waals surface area contributed by atoms with E-state index in [1.54, 1.807) is 11.6 Å². The van der Waals surface area contributed by atoms with E-state index in [0.29, 0.717) is 17.5 Å². The zero-order valence-electron chi connectivity index (χ0n) is 17.4. The van der Waals surface area contributed by atoms with Crippen LogP contribution in [-0.4, -0.2) is 55.9 Å². The summed E-state index contributed by atoms with van der Waals surface area (Å²) >= 11 is 0. The van der Waals surface area contributed by atoms with Gasteiger partial charge in [0.05, 0.1) is 17.1 Å². The van der Waals surface area contributed by atoms with Crippen LogP contribution in [0.5, 0.6) is 0 Å². The van der Waals surface area contributed by atoms with Crippen molar-refractivity contribution in [2.75, 3.05) is 49.6 Å². The average molecular weight is 407 g/mol. The molecule has 6 rings (SSSR count). The summed E-state index contributed by atoms with van der Waals surface area (Å²) in [6.07, 6.45) is 3.13. The number of hydrogen-bond donors (Lipinski definition) is 0. The molecule has 1 fully saturated rings. The number of nitrogens with zero attached hydrogens (tertiary/aromatic N) is 4. The molecule has 0 aliphatic carbocycles. The Labute approximate surface area is 176 Å². The van der Waals surface area contributed by atoms with E-state index in [0.717, 1.165) is 56.6 Å². The Bertz CT molecular complexity index is 1100. The molecule has 2 unspecified atom stereocenters. The number of para-hydroxylation sites is 1. The van der Waals surface area contributed by atoms with Crippen molar-refractivity contribution >= 4 is 22.3 Å². The minimum Gasteiger partial charge on any atom is -0.371 e. The number of aryl methyl sites for hydroxylation is 1. The topological polar surface area (TPSA) is 35.8 Å². The van der Waals surface area contributed by atoms with Gasteiger partial charge in [-0.2, -0.15) is 0 Å². The van der Waals surface area contributed by atoms with Gasteiger partial charge >= 0.3 is 0 Å². The van der Waals surface area contributed by atoms with Crippen molar-refractivity contribution in [1.82, 2.24) is 10.1 Å². The molecule has 1 aromatic heterocycles. The maximum absolute atomic E-state index is 13.4. The van der Waals surface area contributed by atoms with Gasteiger partial charge in [-0.05, 0) is 49.6 Å². The summed E-state index contributed by atoms with van der Waals surface area (Å²) in [5.74, 6) is 0.327. The second-order valence-corrected chi connectivity index (χ2v) is 8.97. The first-order valence-corrected chi connectivity index (χ1v) is 11.1. The van der Waals surface area contributed by atoms with Crippen molar-refractivity contribution in [2.24, 2.45) is 0 Å². The molecule has 0 saturated carbocycles. The second kappa shape index (κ2) is 6.98. The summed E-state index contributed by atoms with van der Waals surface area (Å²) in [5, 5.41) is 5.11. The molecule has 2 atom stereocenters. The van der Waals surface area contributed by atoms with Crippen molar-refractivity contribution in [3.8, 4) is 0 Å². The lowest BCUT2D eigenvalue weighted by molar-refractivity contribution is 0.191. The van der Waals surface area contributed by atoms with E-state index in [4.69, 9.17) is 4.52 Å². The lowest BCUT2D eigenvalue weighted by Crippen LogP contribution is -2.49. The number of likely N-dealkylation sites (tertiary alicyclic amines) is 1. The van der Waals surface area contributed by atoms with E-state index in [1.165, 1.54) is 29.9 Å². The third kappa shape index (κ3) is 2.81. The van der Waals surface area contributed by atoms with Crippen molar-refractivity contribution in [1.29, 1.82) is 0 Å². The fourth-order valence-electron chi connectivity index (χ4n) is 5.79. The summed E-state index contributed by atoms with van der Waals surface area (Å²) in [4.78, 5) is 7.70. The smallest absolute Gasteiger partial charge is 0.170 e. The highest BCUT2D eigenvalue weighted by Gasteiger charge is 2.44. The number of anilines is 2. The van der Waals surface area contributed by atoms with Gasteiger partial charge in [0.1, 0.15) is 5.82 Å². The van der Waals surface area contributed by atoms with Crippen LogP contribution in [0.2, 0.25) is 0 Å². The zero-order valence-corrected chi connectivity index (χ0v) is 17.4. The molecule has 1 saturated heterocycles. The molecular weight excluding hydrogens is 379 g/mol. The SMILES string of the molecule is CN1CCN2c3c(cccc31)C1CN(CCCc3noc4cc(F)ccc34)CCC12. The Balaban J connectivity index is 1.14. The Morgan fingerprint density at radius 3 is 3.03 bits per heavy atom. The standard InChI is InChI=1S/C24H27FN4O/c1-27-12-13-29-21-9-11-28(15-19(21)17-4-2-6-22(27)24(17)29)10-3-5-20-18-8-7-16(25)14-23(18)30-26-20/h2,4,6-8,14,19,21H,3,5,9-13,15H2,1H3. The molecule has 0 N–H and O–H groups in total. The Morgan fingerprint density at radius 1 is 1.17 bits per heavy atom. The number of benzene rings is 2. The van der Waals surface area contributed by atoms with E-state index in [2.05, 4.69) is 45.1 Å². The molecule has 0 spiro atoms. The van der Waals surface area contributed by atoms with Gasteiger partial charge in [-0.25, -0.2) is 4.39 Å². The van der Waals surface area contributed by atoms with Crippen LogP contribution in [0.25, 0.3) is 11.0 Å². The minimum atomic E-state index is -0.280. The summed E-state index contributed by atoms with van der Waals surface area (Å²) in [6, 6.07) is 12.2. The monoisotopic (exact) mass is 406 g/mol. The van der Waals surface area contributed by atoms with Crippen molar-refractivity contribution in [3.05, 3.63) is 53.5 Å². The van der Waals surface area contributed by atoms with Gasteiger partial charge < -0.3 is 19.2 Å². The van der Waals surface area contributed by atoms with Crippen LogP contribution in [0.15, 0.2) is 40.9 Å². The Kier molecular flexibility index (Phi) is 4.23. The largest absolute Gasteiger partial charge is 0.371 e. The number of hydrogen-bond acceptors (Lipinski definition) is 5. The molecular formula is C24H27FN4O.